The van der Waals surface area contributed by atoms with Crippen molar-refractivity contribution in [1.29, 1.82) is 0 Å². The molecule has 2 aliphatic heterocycles. The average Bonchev–Trinajstić information content (AvgIpc) is 3.28. The molecule has 9 heteroatoms. The zero-order chi connectivity index (χ0) is 18.7. The third-order valence-corrected chi connectivity index (χ3v) is 6.32. The summed E-state index contributed by atoms with van der Waals surface area (Å²) < 4.78 is 28.9. The van der Waals surface area contributed by atoms with Crippen LogP contribution in [0.5, 0.6) is 0 Å². The summed E-state index contributed by atoms with van der Waals surface area (Å²) in [5, 5.41) is 14.6. The smallest absolute Gasteiger partial charge is 0.293 e. The summed E-state index contributed by atoms with van der Waals surface area (Å²) >= 11 is 0. The van der Waals surface area contributed by atoms with Gasteiger partial charge in [-0.2, -0.15) is 0 Å². The minimum Gasteiger partial charge on any atom is -0.381 e. The second kappa shape index (κ2) is 7.89. The molecule has 2 saturated heterocycles. The van der Waals surface area contributed by atoms with Gasteiger partial charge in [-0.1, -0.05) is 0 Å². The predicted molar refractivity (Wildman–Crippen MR) is 98.2 cm³/mol. The van der Waals surface area contributed by atoms with E-state index in [4.69, 9.17) is 4.74 Å². The van der Waals surface area contributed by atoms with Gasteiger partial charge >= 0.3 is 0 Å². The Morgan fingerprint density at radius 2 is 2.12 bits per heavy atom. The zero-order valence-corrected chi connectivity index (χ0v) is 15.7. The van der Waals surface area contributed by atoms with Gasteiger partial charge in [0.2, 0.25) is 0 Å². The van der Waals surface area contributed by atoms with Gasteiger partial charge in [0.25, 0.3) is 5.69 Å². The zero-order valence-electron chi connectivity index (χ0n) is 14.9. The van der Waals surface area contributed by atoms with Crippen molar-refractivity contribution in [1.82, 2.24) is 4.90 Å². The lowest BCUT2D eigenvalue weighted by Crippen LogP contribution is -2.44. The summed E-state index contributed by atoms with van der Waals surface area (Å²) in [6, 6.07) is 4.28. The maximum Gasteiger partial charge on any atom is 0.293 e. The van der Waals surface area contributed by atoms with Crippen LogP contribution in [0.15, 0.2) is 23.1 Å². The summed E-state index contributed by atoms with van der Waals surface area (Å²) in [5.74, 6) is 0.412. The number of nitrogens with zero attached hydrogens (tertiary/aromatic N) is 2. The third-order valence-electron chi connectivity index (χ3n) is 5.21. The molecule has 0 amide bonds. The van der Waals surface area contributed by atoms with Gasteiger partial charge in [0, 0.05) is 37.4 Å². The van der Waals surface area contributed by atoms with Crippen molar-refractivity contribution < 1.29 is 18.1 Å². The van der Waals surface area contributed by atoms with Crippen molar-refractivity contribution in [3.8, 4) is 0 Å². The van der Waals surface area contributed by atoms with Gasteiger partial charge in [0.1, 0.15) is 5.69 Å². The van der Waals surface area contributed by atoms with Crippen molar-refractivity contribution >= 4 is 21.2 Å². The van der Waals surface area contributed by atoms with E-state index >= 15 is 0 Å². The summed E-state index contributed by atoms with van der Waals surface area (Å²) in [5.41, 5.74) is 0.140. The van der Waals surface area contributed by atoms with Gasteiger partial charge < -0.3 is 10.1 Å². The van der Waals surface area contributed by atoms with Crippen LogP contribution in [0.4, 0.5) is 11.4 Å². The number of ether oxygens (including phenoxy) is 1. The Morgan fingerprint density at radius 1 is 1.38 bits per heavy atom. The molecule has 0 saturated carbocycles. The van der Waals surface area contributed by atoms with E-state index in [1.54, 1.807) is 0 Å². The number of hydrogen-bond donors (Lipinski definition) is 1. The lowest BCUT2D eigenvalue weighted by atomic mass is 9.97. The molecule has 8 nitrogen and oxygen atoms in total. The highest BCUT2D eigenvalue weighted by Gasteiger charge is 2.32. The molecule has 0 unspecified atom stereocenters. The van der Waals surface area contributed by atoms with E-state index in [1.165, 1.54) is 25.0 Å². The highest BCUT2D eigenvalue weighted by molar-refractivity contribution is 7.90. The first kappa shape index (κ1) is 19.1. The van der Waals surface area contributed by atoms with Gasteiger partial charge in [-0.15, -0.1) is 0 Å². The molecule has 2 aliphatic rings. The van der Waals surface area contributed by atoms with Crippen LogP contribution in [-0.2, 0) is 14.6 Å². The lowest BCUT2D eigenvalue weighted by Gasteiger charge is -2.32. The second-order valence-corrected chi connectivity index (χ2v) is 9.04. The highest BCUT2D eigenvalue weighted by Crippen LogP contribution is 2.29. The fraction of sp³-hybridized carbons (Fsp3) is 0.647. The van der Waals surface area contributed by atoms with Crippen LogP contribution < -0.4 is 5.32 Å². The van der Waals surface area contributed by atoms with E-state index in [9.17, 15) is 18.5 Å². The molecule has 144 valence electrons. The maximum atomic E-state index is 11.7. The molecule has 3 rings (SSSR count). The number of rotatable bonds is 7. The van der Waals surface area contributed by atoms with Crippen LogP contribution in [0.2, 0.25) is 0 Å². The molecule has 1 aromatic carbocycles. The van der Waals surface area contributed by atoms with Gasteiger partial charge in [-0.3, -0.25) is 15.0 Å². The first-order valence-corrected chi connectivity index (χ1v) is 10.8. The van der Waals surface area contributed by atoms with E-state index in [0.29, 0.717) is 18.2 Å². The van der Waals surface area contributed by atoms with E-state index in [0.717, 1.165) is 45.0 Å². The van der Waals surface area contributed by atoms with Crippen LogP contribution in [0.3, 0.4) is 0 Å². The van der Waals surface area contributed by atoms with Crippen molar-refractivity contribution in [2.24, 2.45) is 5.92 Å². The van der Waals surface area contributed by atoms with Gasteiger partial charge in [0.15, 0.2) is 9.84 Å². The fourth-order valence-corrected chi connectivity index (χ4v) is 4.42. The molecular formula is C17H25N3O5S. The topological polar surface area (TPSA) is 102 Å². The van der Waals surface area contributed by atoms with Crippen molar-refractivity contribution in [2.45, 2.75) is 30.2 Å². The molecule has 0 spiro atoms. The first-order valence-electron chi connectivity index (χ1n) is 8.90. The molecule has 1 aromatic rings. The molecule has 0 bridgehead atoms. The van der Waals surface area contributed by atoms with Crippen LogP contribution in [0.25, 0.3) is 0 Å². The Kier molecular flexibility index (Phi) is 5.79. The van der Waals surface area contributed by atoms with E-state index < -0.39 is 14.8 Å². The van der Waals surface area contributed by atoms with Gasteiger partial charge in [-0.05, 0) is 44.5 Å². The average molecular weight is 383 g/mol. The molecule has 26 heavy (non-hydrogen) atoms. The summed E-state index contributed by atoms with van der Waals surface area (Å²) in [7, 11) is -3.49. The second-order valence-electron chi connectivity index (χ2n) is 7.02. The standard InChI is InChI=1S/C17H25N3O5S/c1-26(23,24)14-4-5-15(16(10-14)20(21)22)18-11-17(13-6-9-25-12-13)19-7-2-3-8-19/h4-5,10,13,17-18H,2-3,6-9,11-12H2,1H3/t13-,17+/m1/s1. The van der Waals surface area contributed by atoms with E-state index in [-0.39, 0.29) is 16.6 Å². The number of anilines is 1. The monoisotopic (exact) mass is 383 g/mol. The SMILES string of the molecule is CS(=O)(=O)c1ccc(NC[C@@H]([C@@H]2CCOC2)N2CCCC2)c([N+](=O)[O-])c1. The summed E-state index contributed by atoms with van der Waals surface area (Å²) in [6.45, 7) is 4.14. The first-order chi connectivity index (χ1) is 12.4. The van der Waals surface area contributed by atoms with Crippen molar-refractivity contribution in [3.63, 3.8) is 0 Å². The Bertz CT molecular complexity index is 740. The lowest BCUT2D eigenvalue weighted by molar-refractivity contribution is -0.384. The summed E-state index contributed by atoms with van der Waals surface area (Å²) in [4.78, 5) is 13.2. The molecular weight excluding hydrogens is 358 g/mol. The largest absolute Gasteiger partial charge is 0.381 e. The minimum atomic E-state index is -3.49. The van der Waals surface area contributed by atoms with Crippen LogP contribution in [0, 0.1) is 16.0 Å². The van der Waals surface area contributed by atoms with Gasteiger partial charge in [0.05, 0.1) is 16.4 Å². The normalized spacial score (nSPS) is 22.4. The number of nitro groups is 1. The number of hydrogen-bond acceptors (Lipinski definition) is 7. The van der Waals surface area contributed by atoms with E-state index in [1.807, 2.05) is 0 Å². The number of nitrogens with one attached hydrogen (secondary N) is 1. The van der Waals surface area contributed by atoms with Crippen LogP contribution >= 0.6 is 0 Å². The number of benzene rings is 1. The number of nitro benzene ring substituents is 1. The Hall–Kier alpha value is -1.71. The number of sulfone groups is 1. The molecule has 1 N–H and O–H groups in total. The molecule has 2 atom stereocenters. The minimum absolute atomic E-state index is 0.0463. The third kappa shape index (κ3) is 4.33. The molecule has 0 aromatic heterocycles. The Balaban J connectivity index is 1.79. The van der Waals surface area contributed by atoms with E-state index in [2.05, 4.69) is 10.2 Å². The van der Waals surface area contributed by atoms with Gasteiger partial charge in [-0.25, -0.2) is 8.42 Å². The Labute approximate surface area is 153 Å². The highest BCUT2D eigenvalue weighted by atomic mass is 32.2. The molecule has 2 heterocycles. The van der Waals surface area contributed by atoms with Crippen LogP contribution in [-0.4, -0.2) is 63.4 Å². The predicted octanol–water partition coefficient (Wildman–Crippen LogP) is 1.91. The molecule has 0 aliphatic carbocycles. The van der Waals surface area contributed by atoms with Crippen molar-refractivity contribution in [2.75, 3.05) is 44.4 Å². The fourth-order valence-electron chi connectivity index (χ4n) is 3.78. The molecule has 0 radical (unpaired) electrons. The van der Waals surface area contributed by atoms with Crippen LogP contribution in [0.1, 0.15) is 19.3 Å². The number of likely N-dealkylation sites (tertiary alicyclic amines) is 1. The maximum absolute atomic E-state index is 11.7. The quantitative estimate of drug-likeness (QED) is 0.567. The molecule has 2 fully saturated rings. The Morgan fingerprint density at radius 3 is 2.69 bits per heavy atom. The summed E-state index contributed by atoms with van der Waals surface area (Å²) in [6.07, 6.45) is 4.39. The van der Waals surface area contributed by atoms with Crippen molar-refractivity contribution in [3.05, 3.63) is 28.3 Å².